The second kappa shape index (κ2) is 5.81. The number of pyridine rings is 2. The Morgan fingerprint density at radius 1 is 1.23 bits per heavy atom. The summed E-state index contributed by atoms with van der Waals surface area (Å²) in [5.74, 6) is -1.07. The molecular weight excluding hydrogens is 336 g/mol. The number of aryl methyl sites for hydroxylation is 1. The minimum atomic E-state index is -1.07. The van der Waals surface area contributed by atoms with Crippen molar-refractivity contribution in [2.24, 2.45) is 12.8 Å². The smallest absolute Gasteiger partial charge is 0.334 e. The van der Waals surface area contributed by atoms with Crippen LogP contribution in [0.1, 0.15) is 5.69 Å². The van der Waals surface area contributed by atoms with Crippen LogP contribution in [0.5, 0.6) is 0 Å². The lowest BCUT2D eigenvalue weighted by atomic mass is 10.1. The van der Waals surface area contributed by atoms with Crippen LogP contribution in [-0.4, -0.2) is 40.6 Å². The second-order valence-electron chi connectivity index (χ2n) is 6.00. The van der Waals surface area contributed by atoms with Crippen molar-refractivity contribution in [3.63, 3.8) is 0 Å². The highest BCUT2D eigenvalue weighted by atomic mass is 16.4. The van der Waals surface area contributed by atoms with E-state index < -0.39 is 12.0 Å². The summed E-state index contributed by atoms with van der Waals surface area (Å²) >= 11 is 0. The molecule has 4 rings (SSSR count). The third-order valence-electron chi connectivity index (χ3n) is 4.42. The largest absolute Gasteiger partial charge is 0.480 e. The minimum absolute atomic E-state index is 0.144. The molecule has 0 saturated carbocycles. The van der Waals surface area contributed by atoms with E-state index in [1.165, 1.54) is 9.13 Å². The number of hydrogen-bond donors (Lipinski definition) is 2. The predicted molar refractivity (Wildman–Crippen MR) is 94.4 cm³/mol. The van der Waals surface area contributed by atoms with Crippen LogP contribution in [0.4, 0.5) is 0 Å². The van der Waals surface area contributed by atoms with Crippen LogP contribution in [0.3, 0.4) is 0 Å². The van der Waals surface area contributed by atoms with Crippen LogP contribution in [0.25, 0.3) is 22.5 Å². The first-order chi connectivity index (χ1) is 12.5. The summed E-state index contributed by atoms with van der Waals surface area (Å²) in [6.45, 7) is 0. The summed E-state index contributed by atoms with van der Waals surface area (Å²) in [5.41, 5.74) is 8.44. The first-order valence-electron chi connectivity index (χ1n) is 7.95. The Bertz CT molecular complexity index is 1200. The van der Waals surface area contributed by atoms with Crippen molar-refractivity contribution in [1.82, 2.24) is 23.5 Å². The number of carboxylic acids is 1. The van der Waals surface area contributed by atoms with Gasteiger partial charge < -0.3 is 15.2 Å². The van der Waals surface area contributed by atoms with Gasteiger partial charge in [-0.2, -0.15) is 0 Å². The molecule has 9 nitrogen and oxygen atoms in total. The van der Waals surface area contributed by atoms with Crippen molar-refractivity contribution in [2.75, 3.05) is 0 Å². The molecular formula is C17H16N6O3. The molecule has 0 saturated heterocycles. The van der Waals surface area contributed by atoms with E-state index in [4.69, 9.17) is 10.8 Å². The van der Waals surface area contributed by atoms with E-state index in [1.807, 2.05) is 6.07 Å². The fraction of sp³-hybridized carbons (Fsp3) is 0.176. The molecule has 4 aromatic rings. The van der Waals surface area contributed by atoms with Crippen molar-refractivity contribution in [1.29, 1.82) is 0 Å². The number of carbonyl (C=O) groups is 1. The van der Waals surface area contributed by atoms with E-state index in [0.29, 0.717) is 28.2 Å². The number of rotatable bonds is 4. The van der Waals surface area contributed by atoms with E-state index in [9.17, 15) is 9.59 Å². The van der Waals surface area contributed by atoms with Crippen LogP contribution >= 0.6 is 0 Å². The van der Waals surface area contributed by atoms with Gasteiger partial charge in [0.15, 0.2) is 11.3 Å². The standard InChI is InChI=1S/C17H16N6O3/c1-21-12-3-2-6-19-15(12)23(17(21)26)13-5-4-10(9-11(18)16(24)25)22-8-7-20-14(13)22/h2-8,11H,9,18H2,1H3,(H,24,25). The highest BCUT2D eigenvalue weighted by molar-refractivity contribution is 5.76. The lowest BCUT2D eigenvalue weighted by Gasteiger charge is -2.12. The van der Waals surface area contributed by atoms with Gasteiger partial charge in [0.05, 0.1) is 11.2 Å². The van der Waals surface area contributed by atoms with E-state index in [-0.39, 0.29) is 12.1 Å². The first-order valence-corrected chi connectivity index (χ1v) is 7.95. The quantitative estimate of drug-likeness (QED) is 0.546. The first kappa shape index (κ1) is 16.0. The van der Waals surface area contributed by atoms with Gasteiger partial charge in [0.1, 0.15) is 6.04 Å². The topological polar surface area (TPSA) is 120 Å². The Morgan fingerprint density at radius 3 is 2.77 bits per heavy atom. The maximum absolute atomic E-state index is 12.8. The summed E-state index contributed by atoms with van der Waals surface area (Å²) < 4.78 is 4.76. The third-order valence-corrected chi connectivity index (χ3v) is 4.42. The maximum Gasteiger partial charge on any atom is 0.334 e. The number of aromatic nitrogens is 5. The monoisotopic (exact) mass is 352 g/mol. The molecule has 0 radical (unpaired) electrons. The molecule has 26 heavy (non-hydrogen) atoms. The van der Waals surface area contributed by atoms with Crippen molar-refractivity contribution < 1.29 is 9.90 Å². The normalized spacial score (nSPS) is 12.7. The molecule has 0 fully saturated rings. The van der Waals surface area contributed by atoms with Crippen molar-refractivity contribution in [2.45, 2.75) is 12.5 Å². The van der Waals surface area contributed by atoms with E-state index in [0.717, 1.165) is 0 Å². The van der Waals surface area contributed by atoms with Crippen LogP contribution in [0.2, 0.25) is 0 Å². The molecule has 0 bridgehead atoms. The number of carboxylic acid groups (broad SMARTS) is 1. The average Bonchev–Trinajstić information content (AvgIpc) is 3.21. The molecule has 1 unspecified atom stereocenters. The van der Waals surface area contributed by atoms with Gasteiger partial charge in [-0.15, -0.1) is 0 Å². The Hall–Kier alpha value is -3.46. The highest BCUT2D eigenvalue weighted by Crippen LogP contribution is 2.20. The lowest BCUT2D eigenvalue weighted by molar-refractivity contribution is -0.138. The van der Waals surface area contributed by atoms with Crippen LogP contribution in [0.15, 0.2) is 47.7 Å². The molecule has 0 aromatic carbocycles. The highest BCUT2D eigenvalue weighted by Gasteiger charge is 2.19. The van der Waals surface area contributed by atoms with Crippen LogP contribution < -0.4 is 11.4 Å². The molecule has 9 heteroatoms. The molecule has 4 heterocycles. The lowest BCUT2D eigenvalue weighted by Crippen LogP contribution is -2.33. The van der Waals surface area contributed by atoms with Gasteiger partial charge in [-0.3, -0.25) is 9.36 Å². The molecule has 0 spiro atoms. The number of nitrogens with two attached hydrogens (primary N) is 1. The average molecular weight is 352 g/mol. The van der Waals surface area contributed by atoms with E-state index in [1.54, 1.807) is 48.2 Å². The Balaban J connectivity index is 1.96. The van der Waals surface area contributed by atoms with Gasteiger partial charge in [0.25, 0.3) is 0 Å². The van der Waals surface area contributed by atoms with Crippen molar-refractivity contribution in [3.05, 3.63) is 59.0 Å². The zero-order valence-corrected chi connectivity index (χ0v) is 13.9. The van der Waals surface area contributed by atoms with Gasteiger partial charge >= 0.3 is 11.7 Å². The van der Waals surface area contributed by atoms with Gasteiger partial charge in [-0.05, 0) is 24.3 Å². The zero-order valence-electron chi connectivity index (χ0n) is 13.9. The molecule has 132 valence electrons. The molecule has 0 aliphatic heterocycles. The number of hydrogen-bond acceptors (Lipinski definition) is 5. The Kier molecular flexibility index (Phi) is 3.58. The molecule has 0 aliphatic rings. The Labute approximate surface area is 146 Å². The number of fused-ring (bicyclic) bond motifs is 2. The van der Waals surface area contributed by atoms with Crippen LogP contribution in [0, 0.1) is 0 Å². The predicted octanol–water partition coefficient (Wildman–Crippen LogP) is 0.326. The van der Waals surface area contributed by atoms with E-state index >= 15 is 0 Å². The van der Waals surface area contributed by atoms with Gasteiger partial charge in [-0.25, -0.2) is 19.3 Å². The van der Waals surface area contributed by atoms with Gasteiger partial charge in [-0.1, -0.05) is 0 Å². The molecule has 1 atom stereocenters. The summed E-state index contributed by atoms with van der Waals surface area (Å²) in [5, 5.41) is 9.05. The van der Waals surface area contributed by atoms with Crippen molar-refractivity contribution >= 4 is 22.8 Å². The second-order valence-corrected chi connectivity index (χ2v) is 6.00. The Morgan fingerprint density at radius 2 is 2.00 bits per heavy atom. The molecule has 0 aliphatic carbocycles. The zero-order chi connectivity index (χ0) is 18.4. The number of nitrogens with zero attached hydrogens (tertiary/aromatic N) is 5. The summed E-state index contributed by atoms with van der Waals surface area (Å²) in [4.78, 5) is 32.5. The number of imidazole rings is 2. The summed E-state index contributed by atoms with van der Waals surface area (Å²) in [6.07, 6.45) is 5.08. The third kappa shape index (κ3) is 2.29. The molecule has 3 N–H and O–H groups in total. The minimum Gasteiger partial charge on any atom is -0.480 e. The fourth-order valence-corrected chi connectivity index (χ4v) is 3.09. The van der Waals surface area contributed by atoms with Crippen LogP contribution in [-0.2, 0) is 18.3 Å². The van der Waals surface area contributed by atoms with Gasteiger partial charge in [0, 0.05) is 37.8 Å². The van der Waals surface area contributed by atoms with E-state index in [2.05, 4.69) is 9.97 Å². The summed E-state index contributed by atoms with van der Waals surface area (Å²) in [7, 11) is 1.69. The maximum atomic E-state index is 12.8. The molecule has 0 amide bonds. The van der Waals surface area contributed by atoms with Gasteiger partial charge in [0.2, 0.25) is 0 Å². The summed E-state index contributed by atoms with van der Waals surface area (Å²) in [6, 6.07) is 6.06. The molecule has 4 aromatic heterocycles. The number of aliphatic carboxylic acids is 1. The SMILES string of the molecule is Cn1c(=O)n(-c2ccc(CC(N)C(=O)O)n3ccnc23)c2ncccc21. The fourth-order valence-electron chi connectivity index (χ4n) is 3.09. The van der Waals surface area contributed by atoms with Crippen molar-refractivity contribution in [3.8, 4) is 5.69 Å².